The molecule has 0 radical (unpaired) electrons. The number of carbonyl (C=O) groups excluding carboxylic acids is 1. The zero-order valence-corrected chi connectivity index (χ0v) is 15.2. The zero-order chi connectivity index (χ0) is 18.5. The molecule has 1 aliphatic rings. The Balaban J connectivity index is 1.31. The van der Waals surface area contributed by atoms with Gasteiger partial charge in [0.05, 0.1) is 11.8 Å². The molecule has 3 aromatic rings. The molecule has 0 amide bonds. The van der Waals surface area contributed by atoms with Gasteiger partial charge in [0, 0.05) is 16.8 Å². The highest BCUT2D eigenvalue weighted by Gasteiger charge is 2.21. The van der Waals surface area contributed by atoms with Crippen molar-refractivity contribution in [3.05, 3.63) is 78.6 Å². The van der Waals surface area contributed by atoms with Crippen LogP contribution in [0.3, 0.4) is 0 Å². The first kappa shape index (κ1) is 17.4. The highest BCUT2D eigenvalue weighted by molar-refractivity contribution is 7.99. The summed E-state index contributed by atoms with van der Waals surface area (Å²) in [6.07, 6.45) is 3.16. The van der Waals surface area contributed by atoms with Crippen LogP contribution in [0.5, 0.6) is 17.2 Å². The van der Waals surface area contributed by atoms with Crippen molar-refractivity contribution in [1.29, 1.82) is 0 Å². The van der Waals surface area contributed by atoms with Crippen LogP contribution in [0.25, 0.3) is 0 Å². The molecule has 1 aromatic heterocycles. The summed E-state index contributed by atoms with van der Waals surface area (Å²) < 4.78 is 17.0. The molecule has 0 fully saturated rings. The fourth-order valence-electron chi connectivity index (χ4n) is 2.60. The maximum atomic E-state index is 12.3. The molecule has 0 bridgehead atoms. The number of nitrogens with zero attached hydrogens (tertiary/aromatic N) is 1. The minimum Gasteiger partial charge on any atom is -0.485 e. The van der Waals surface area contributed by atoms with E-state index in [9.17, 15) is 4.79 Å². The van der Waals surface area contributed by atoms with Crippen LogP contribution in [0, 0.1) is 0 Å². The highest BCUT2D eigenvalue weighted by atomic mass is 32.2. The van der Waals surface area contributed by atoms with Crippen molar-refractivity contribution in [3.8, 4) is 17.2 Å². The van der Waals surface area contributed by atoms with E-state index in [4.69, 9.17) is 14.2 Å². The predicted molar refractivity (Wildman–Crippen MR) is 103 cm³/mol. The summed E-state index contributed by atoms with van der Waals surface area (Å²) in [5.41, 5.74) is 0.470. The molecule has 0 aliphatic carbocycles. The zero-order valence-electron chi connectivity index (χ0n) is 14.4. The summed E-state index contributed by atoms with van der Waals surface area (Å²) in [5, 5.41) is 0. The lowest BCUT2D eigenvalue weighted by atomic mass is 10.2. The first-order valence-corrected chi connectivity index (χ1v) is 9.50. The number of thioether (sulfide) groups is 1. The van der Waals surface area contributed by atoms with E-state index in [1.807, 2.05) is 30.3 Å². The summed E-state index contributed by atoms with van der Waals surface area (Å²) in [4.78, 5) is 17.4. The second kappa shape index (κ2) is 8.14. The van der Waals surface area contributed by atoms with Gasteiger partial charge in [-0.15, -0.1) is 11.8 Å². The van der Waals surface area contributed by atoms with Gasteiger partial charge in [0.15, 0.2) is 0 Å². The second-order valence-corrected chi connectivity index (χ2v) is 6.97. The normalized spacial score (nSPS) is 15.3. The van der Waals surface area contributed by atoms with Crippen molar-refractivity contribution in [3.63, 3.8) is 0 Å². The largest absolute Gasteiger partial charge is 0.485 e. The van der Waals surface area contributed by atoms with E-state index in [0.717, 1.165) is 16.4 Å². The van der Waals surface area contributed by atoms with E-state index >= 15 is 0 Å². The van der Waals surface area contributed by atoms with Crippen molar-refractivity contribution < 1.29 is 19.0 Å². The molecule has 2 heterocycles. The van der Waals surface area contributed by atoms with E-state index in [1.165, 1.54) is 0 Å². The van der Waals surface area contributed by atoms with Gasteiger partial charge in [-0.3, -0.25) is 4.98 Å². The smallest absolute Gasteiger partial charge is 0.338 e. The van der Waals surface area contributed by atoms with Crippen LogP contribution in [0.2, 0.25) is 0 Å². The standard InChI is InChI=1S/C21H17NO4S/c23-21(24-13-18-14-27-20-6-2-1-5-19(20)26-18)15-7-9-16(10-8-15)25-17-4-3-11-22-12-17/h1-12,18H,13-14H2. The monoisotopic (exact) mass is 379 g/mol. The van der Waals surface area contributed by atoms with Gasteiger partial charge in [-0.2, -0.15) is 0 Å². The molecule has 0 saturated heterocycles. The molecule has 136 valence electrons. The number of pyridine rings is 1. The Hall–Kier alpha value is -2.99. The summed E-state index contributed by atoms with van der Waals surface area (Å²) in [7, 11) is 0. The SMILES string of the molecule is O=C(OCC1CSc2ccccc2O1)c1ccc(Oc2cccnc2)cc1. The number of para-hydroxylation sites is 1. The quantitative estimate of drug-likeness (QED) is 0.605. The van der Waals surface area contributed by atoms with E-state index < -0.39 is 0 Å². The lowest BCUT2D eigenvalue weighted by Gasteiger charge is -2.25. The lowest BCUT2D eigenvalue weighted by molar-refractivity contribution is 0.0339. The van der Waals surface area contributed by atoms with Crippen LogP contribution in [0.4, 0.5) is 0 Å². The average molecular weight is 379 g/mol. The molecule has 1 unspecified atom stereocenters. The average Bonchev–Trinajstić information content (AvgIpc) is 2.73. The first-order chi connectivity index (χ1) is 13.3. The summed E-state index contributed by atoms with van der Waals surface area (Å²) in [5.74, 6) is 2.48. The second-order valence-electron chi connectivity index (χ2n) is 5.91. The third kappa shape index (κ3) is 4.41. The Bertz CT molecular complexity index is 915. The maximum Gasteiger partial charge on any atom is 0.338 e. The number of benzene rings is 2. The molecular formula is C21H17NO4S. The molecule has 27 heavy (non-hydrogen) atoms. The number of rotatable bonds is 5. The fraction of sp³-hybridized carbons (Fsp3) is 0.143. The minimum absolute atomic E-state index is 0.151. The van der Waals surface area contributed by atoms with E-state index in [1.54, 1.807) is 54.5 Å². The predicted octanol–water partition coefficient (Wildman–Crippen LogP) is 4.58. The van der Waals surface area contributed by atoms with Gasteiger partial charge < -0.3 is 14.2 Å². The molecule has 0 saturated carbocycles. The number of hydrogen-bond donors (Lipinski definition) is 0. The lowest BCUT2D eigenvalue weighted by Crippen LogP contribution is -2.29. The van der Waals surface area contributed by atoms with Crippen LogP contribution in [0.1, 0.15) is 10.4 Å². The van der Waals surface area contributed by atoms with Crippen LogP contribution in [0.15, 0.2) is 78.0 Å². The van der Waals surface area contributed by atoms with Gasteiger partial charge in [0.1, 0.15) is 30.0 Å². The van der Waals surface area contributed by atoms with Gasteiger partial charge in [-0.05, 0) is 48.5 Å². The topological polar surface area (TPSA) is 57.7 Å². The Morgan fingerprint density at radius 2 is 1.93 bits per heavy atom. The molecule has 1 atom stereocenters. The van der Waals surface area contributed by atoms with Gasteiger partial charge in [-0.25, -0.2) is 4.79 Å². The van der Waals surface area contributed by atoms with Crippen LogP contribution >= 0.6 is 11.8 Å². The number of fused-ring (bicyclic) bond motifs is 1. The van der Waals surface area contributed by atoms with E-state index in [0.29, 0.717) is 17.1 Å². The minimum atomic E-state index is -0.379. The Morgan fingerprint density at radius 3 is 2.74 bits per heavy atom. The molecular weight excluding hydrogens is 362 g/mol. The van der Waals surface area contributed by atoms with Crippen molar-refractivity contribution in [2.24, 2.45) is 0 Å². The number of ether oxygens (including phenoxy) is 3. The number of esters is 1. The third-order valence-electron chi connectivity index (χ3n) is 3.93. The van der Waals surface area contributed by atoms with Crippen LogP contribution < -0.4 is 9.47 Å². The van der Waals surface area contributed by atoms with Crippen molar-refractivity contribution in [2.75, 3.05) is 12.4 Å². The number of hydrogen-bond acceptors (Lipinski definition) is 6. The molecule has 1 aliphatic heterocycles. The summed E-state index contributed by atoms with van der Waals surface area (Å²) in [6.45, 7) is 0.216. The summed E-state index contributed by atoms with van der Waals surface area (Å²) in [6, 6.07) is 18.3. The Labute approximate surface area is 161 Å². The van der Waals surface area contributed by atoms with Gasteiger partial charge >= 0.3 is 5.97 Å². The number of aromatic nitrogens is 1. The third-order valence-corrected chi connectivity index (χ3v) is 5.11. The van der Waals surface area contributed by atoms with Crippen molar-refractivity contribution in [1.82, 2.24) is 4.98 Å². The molecule has 6 heteroatoms. The molecule has 0 spiro atoms. The van der Waals surface area contributed by atoms with Gasteiger partial charge in [0.25, 0.3) is 0 Å². The first-order valence-electron chi connectivity index (χ1n) is 8.51. The van der Waals surface area contributed by atoms with E-state index in [2.05, 4.69) is 4.98 Å². The number of carbonyl (C=O) groups is 1. The van der Waals surface area contributed by atoms with Gasteiger partial charge in [-0.1, -0.05) is 12.1 Å². The van der Waals surface area contributed by atoms with Crippen LogP contribution in [-0.2, 0) is 4.74 Å². The summed E-state index contributed by atoms with van der Waals surface area (Å²) >= 11 is 1.71. The van der Waals surface area contributed by atoms with Crippen molar-refractivity contribution in [2.45, 2.75) is 11.0 Å². The van der Waals surface area contributed by atoms with Crippen molar-refractivity contribution >= 4 is 17.7 Å². The van der Waals surface area contributed by atoms with E-state index in [-0.39, 0.29) is 18.7 Å². The van der Waals surface area contributed by atoms with Gasteiger partial charge in [0.2, 0.25) is 0 Å². The Kier molecular flexibility index (Phi) is 5.25. The fourth-order valence-corrected chi connectivity index (χ4v) is 3.56. The molecule has 2 aromatic carbocycles. The molecule has 0 N–H and O–H groups in total. The van der Waals surface area contributed by atoms with Crippen LogP contribution in [-0.4, -0.2) is 29.4 Å². The molecule has 4 rings (SSSR count). The highest BCUT2D eigenvalue weighted by Crippen LogP contribution is 2.35. The maximum absolute atomic E-state index is 12.3. The Morgan fingerprint density at radius 1 is 1.07 bits per heavy atom. The molecule has 5 nitrogen and oxygen atoms in total.